The Hall–Kier alpha value is -4.54. The predicted molar refractivity (Wildman–Crippen MR) is 158 cm³/mol. The van der Waals surface area contributed by atoms with Crippen molar-refractivity contribution in [1.82, 2.24) is 4.90 Å². The molecule has 224 valence electrons. The Labute approximate surface area is 254 Å². The van der Waals surface area contributed by atoms with Crippen LogP contribution in [0, 0.1) is 0 Å². The lowest BCUT2D eigenvalue weighted by Crippen LogP contribution is -2.68. The molecule has 0 saturated carbocycles. The van der Waals surface area contributed by atoms with E-state index in [1.165, 1.54) is 4.90 Å². The van der Waals surface area contributed by atoms with Gasteiger partial charge >= 0.3 is 0 Å². The highest BCUT2D eigenvalue weighted by Gasteiger charge is 2.57. The molecule has 3 heterocycles. The molecule has 0 spiro atoms. The number of imide groups is 1. The third-order valence-corrected chi connectivity index (χ3v) is 8.10. The van der Waals surface area contributed by atoms with Gasteiger partial charge in [-0.1, -0.05) is 72.8 Å². The first-order valence-electron chi connectivity index (χ1n) is 14.5. The van der Waals surface area contributed by atoms with Crippen molar-refractivity contribution in [2.24, 2.45) is 0 Å². The molecule has 0 bridgehead atoms. The van der Waals surface area contributed by atoms with E-state index in [1.807, 2.05) is 60.7 Å². The summed E-state index contributed by atoms with van der Waals surface area (Å²) in [6.45, 7) is 0.399. The summed E-state index contributed by atoms with van der Waals surface area (Å²) in [5, 5.41) is 0. The van der Waals surface area contributed by atoms with Crippen molar-refractivity contribution in [1.29, 1.82) is 0 Å². The molecule has 2 fully saturated rings. The van der Waals surface area contributed by atoms with E-state index in [0.29, 0.717) is 22.6 Å². The van der Waals surface area contributed by atoms with Gasteiger partial charge in [-0.3, -0.25) is 14.5 Å². The van der Waals surface area contributed by atoms with Gasteiger partial charge in [0.25, 0.3) is 11.8 Å². The standard InChI is InChI=1S/C35H31NO8/c1-39-24-16-18-25(19-17-24)42-35-29(36-32(37)26-14-8-9-15-27(26)33(36)38)31(40-20-22-10-4-2-5-11-22)30-28(43-35)21-41-34(44-30)23-12-6-3-7-13-23/h2-19,28-31,34-35H,20-21H2,1H3/t28-,29-,30-,31-,34?,35-/m1/s1. The summed E-state index contributed by atoms with van der Waals surface area (Å²) in [5.74, 6) is 0.239. The van der Waals surface area contributed by atoms with E-state index in [4.69, 9.17) is 28.4 Å². The Morgan fingerprint density at radius 3 is 2.02 bits per heavy atom. The molecule has 0 N–H and O–H groups in total. The van der Waals surface area contributed by atoms with Gasteiger partial charge in [0.1, 0.15) is 35.9 Å². The third kappa shape index (κ3) is 5.35. The van der Waals surface area contributed by atoms with Crippen LogP contribution in [0.3, 0.4) is 0 Å². The molecule has 2 saturated heterocycles. The number of amides is 2. The molecule has 3 aliphatic rings. The predicted octanol–water partition coefficient (Wildman–Crippen LogP) is 5.16. The summed E-state index contributed by atoms with van der Waals surface area (Å²) < 4.78 is 37.5. The quantitative estimate of drug-likeness (QED) is 0.259. The Kier molecular flexibility index (Phi) is 7.84. The number of nitrogens with zero attached hydrogens (tertiary/aromatic N) is 1. The lowest BCUT2D eigenvalue weighted by molar-refractivity contribution is -0.344. The maximum Gasteiger partial charge on any atom is 0.262 e. The van der Waals surface area contributed by atoms with Crippen LogP contribution in [0.4, 0.5) is 0 Å². The highest BCUT2D eigenvalue weighted by atomic mass is 16.8. The highest BCUT2D eigenvalue weighted by molar-refractivity contribution is 6.21. The van der Waals surface area contributed by atoms with E-state index in [9.17, 15) is 9.59 Å². The Balaban J connectivity index is 1.28. The van der Waals surface area contributed by atoms with Crippen LogP contribution < -0.4 is 9.47 Å². The fraction of sp³-hybridized carbons (Fsp3) is 0.257. The summed E-state index contributed by atoms with van der Waals surface area (Å²) in [6.07, 6.45) is -3.90. The van der Waals surface area contributed by atoms with Crippen molar-refractivity contribution in [2.75, 3.05) is 13.7 Å². The molecule has 6 atom stereocenters. The van der Waals surface area contributed by atoms with Gasteiger partial charge in [0.2, 0.25) is 6.29 Å². The summed E-state index contributed by atoms with van der Waals surface area (Å²) in [7, 11) is 1.58. The number of hydrogen-bond donors (Lipinski definition) is 0. The lowest BCUT2D eigenvalue weighted by Gasteiger charge is -2.50. The molecule has 1 unspecified atom stereocenters. The van der Waals surface area contributed by atoms with Crippen LogP contribution in [0.1, 0.15) is 38.1 Å². The van der Waals surface area contributed by atoms with E-state index in [1.54, 1.807) is 55.6 Å². The van der Waals surface area contributed by atoms with Gasteiger partial charge < -0.3 is 28.4 Å². The maximum atomic E-state index is 13.9. The van der Waals surface area contributed by atoms with Crippen LogP contribution >= 0.6 is 0 Å². The Morgan fingerprint density at radius 2 is 1.36 bits per heavy atom. The van der Waals surface area contributed by atoms with Crippen LogP contribution in [0.2, 0.25) is 0 Å². The number of rotatable bonds is 8. The molecule has 2 amide bonds. The van der Waals surface area contributed by atoms with Crippen LogP contribution in [-0.4, -0.2) is 61.1 Å². The van der Waals surface area contributed by atoms with Gasteiger partial charge in [0.15, 0.2) is 6.29 Å². The molecule has 7 rings (SSSR count). The fourth-order valence-electron chi connectivity index (χ4n) is 5.93. The number of carbonyl (C=O) groups excluding carboxylic acids is 2. The van der Waals surface area contributed by atoms with Crippen molar-refractivity contribution in [2.45, 2.75) is 43.5 Å². The minimum absolute atomic E-state index is 0.187. The molecular formula is C35H31NO8. The zero-order valence-corrected chi connectivity index (χ0v) is 24.0. The van der Waals surface area contributed by atoms with Crippen molar-refractivity contribution >= 4 is 11.8 Å². The molecule has 0 radical (unpaired) electrons. The van der Waals surface area contributed by atoms with Crippen LogP contribution in [0.25, 0.3) is 0 Å². The number of hydrogen-bond acceptors (Lipinski definition) is 8. The van der Waals surface area contributed by atoms with Crippen LogP contribution in [0.5, 0.6) is 11.5 Å². The van der Waals surface area contributed by atoms with Gasteiger partial charge in [-0.2, -0.15) is 0 Å². The van der Waals surface area contributed by atoms with Gasteiger partial charge in [-0.15, -0.1) is 0 Å². The van der Waals surface area contributed by atoms with E-state index in [0.717, 1.165) is 11.1 Å². The van der Waals surface area contributed by atoms with Gasteiger partial charge in [-0.05, 0) is 42.0 Å². The second-order valence-corrected chi connectivity index (χ2v) is 10.8. The average molecular weight is 594 g/mol. The molecular weight excluding hydrogens is 562 g/mol. The zero-order chi connectivity index (χ0) is 30.0. The van der Waals surface area contributed by atoms with Crippen molar-refractivity contribution in [3.63, 3.8) is 0 Å². The number of fused-ring (bicyclic) bond motifs is 2. The molecule has 4 aromatic rings. The Bertz CT molecular complexity index is 1580. The van der Waals surface area contributed by atoms with E-state index < -0.39 is 48.7 Å². The number of benzene rings is 4. The second-order valence-electron chi connectivity index (χ2n) is 10.8. The smallest absolute Gasteiger partial charge is 0.262 e. The summed E-state index contributed by atoms with van der Waals surface area (Å²) in [5.41, 5.74) is 2.40. The fourth-order valence-corrected chi connectivity index (χ4v) is 5.93. The SMILES string of the molecule is COc1ccc(O[C@@H]2O[C@@H]3COC(c4ccccc4)O[C@H]3[C@H](OCc3ccccc3)[C@H]2N2C(=O)c3ccccc3C2=O)cc1. The molecule has 0 aliphatic carbocycles. The second kappa shape index (κ2) is 12.2. The summed E-state index contributed by atoms with van der Waals surface area (Å²) in [6, 6.07) is 32.1. The molecule has 0 aromatic heterocycles. The topological polar surface area (TPSA) is 92.8 Å². The molecule has 4 aromatic carbocycles. The first-order valence-corrected chi connectivity index (χ1v) is 14.5. The summed E-state index contributed by atoms with van der Waals surface area (Å²) in [4.78, 5) is 29.0. The third-order valence-electron chi connectivity index (χ3n) is 8.10. The van der Waals surface area contributed by atoms with E-state index in [-0.39, 0.29) is 13.2 Å². The molecule has 9 heteroatoms. The van der Waals surface area contributed by atoms with Crippen molar-refractivity contribution < 1.29 is 38.0 Å². The number of methoxy groups -OCH3 is 1. The largest absolute Gasteiger partial charge is 0.497 e. The minimum Gasteiger partial charge on any atom is -0.497 e. The van der Waals surface area contributed by atoms with Crippen LogP contribution in [-0.2, 0) is 25.6 Å². The van der Waals surface area contributed by atoms with Gasteiger partial charge in [0, 0.05) is 5.56 Å². The van der Waals surface area contributed by atoms with Crippen molar-refractivity contribution in [3.8, 4) is 11.5 Å². The van der Waals surface area contributed by atoms with Gasteiger partial charge in [-0.25, -0.2) is 0 Å². The minimum atomic E-state index is -1.09. The van der Waals surface area contributed by atoms with Crippen molar-refractivity contribution in [3.05, 3.63) is 131 Å². The average Bonchev–Trinajstić information content (AvgIpc) is 3.33. The first-order chi connectivity index (χ1) is 21.6. The lowest BCUT2D eigenvalue weighted by atomic mass is 9.94. The zero-order valence-electron chi connectivity index (χ0n) is 24.0. The van der Waals surface area contributed by atoms with E-state index in [2.05, 4.69) is 0 Å². The van der Waals surface area contributed by atoms with Crippen LogP contribution in [0.15, 0.2) is 109 Å². The maximum absolute atomic E-state index is 13.9. The molecule has 44 heavy (non-hydrogen) atoms. The monoisotopic (exact) mass is 593 g/mol. The first kappa shape index (κ1) is 28.2. The number of ether oxygens (including phenoxy) is 6. The van der Waals surface area contributed by atoms with Gasteiger partial charge in [0.05, 0.1) is 31.5 Å². The highest BCUT2D eigenvalue weighted by Crippen LogP contribution is 2.40. The molecule has 3 aliphatic heterocycles. The molecule has 9 nitrogen and oxygen atoms in total. The Morgan fingerprint density at radius 1 is 0.750 bits per heavy atom. The summed E-state index contributed by atoms with van der Waals surface area (Å²) >= 11 is 0. The number of carbonyl (C=O) groups is 2. The normalized spacial score (nSPS) is 26.2. The van der Waals surface area contributed by atoms with E-state index >= 15 is 0 Å².